The molecule has 1 aromatic heterocycles. The lowest BCUT2D eigenvalue weighted by Gasteiger charge is -2.20. The van der Waals surface area contributed by atoms with E-state index in [0.29, 0.717) is 11.9 Å². The topological polar surface area (TPSA) is 45.4 Å². The van der Waals surface area contributed by atoms with Crippen LogP contribution in [-0.4, -0.2) is 48.0 Å². The van der Waals surface area contributed by atoms with Crippen LogP contribution in [0.3, 0.4) is 0 Å². The highest BCUT2D eigenvalue weighted by Gasteiger charge is 2.23. The molecule has 1 aliphatic heterocycles. The number of hydrogen-bond donors (Lipinski definition) is 1. The van der Waals surface area contributed by atoms with Crippen molar-refractivity contribution < 1.29 is 0 Å². The summed E-state index contributed by atoms with van der Waals surface area (Å²) in [6.07, 6.45) is 3.13. The lowest BCUT2D eigenvalue weighted by molar-refractivity contribution is 0.264. The first-order chi connectivity index (χ1) is 7.65. The number of likely N-dealkylation sites (tertiary alicyclic amines) is 1. The molecule has 16 heavy (non-hydrogen) atoms. The quantitative estimate of drug-likeness (QED) is 0.818. The van der Waals surface area contributed by atoms with Crippen LogP contribution in [0.5, 0.6) is 0 Å². The van der Waals surface area contributed by atoms with Crippen molar-refractivity contribution in [1.29, 1.82) is 0 Å². The lowest BCUT2D eigenvalue weighted by atomic mass is 10.2. The van der Waals surface area contributed by atoms with E-state index in [1.165, 1.54) is 18.5 Å². The van der Waals surface area contributed by atoms with Gasteiger partial charge in [0.2, 0.25) is 0 Å². The van der Waals surface area contributed by atoms with Gasteiger partial charge in [-0.25, -0.2) is 4.98 Å². The zero-order valence-electron chi connectivity index (χ0n) is 10.1. The van der Waals surface area contributed by atoms with Gasteiger partial charge in [-0.2, -0.15) is 0 Å². The summed E-state index contributed by atoms with van der Waals surface area (Å²) in [4.78, 5) is 8.89. The average molecular weight is 220 g/mol. The van der Waals surface area contributed by atoms with Crippen molar-refractivity contribution in [1.82, 2.24) is 14.8 Å². The van der Waals surface area contributed by atoms with E-state index >= 15 is 0 Å². The van der Waals surface area contributed by atoms with Gasteiger partial charge in [0.15, 0.2) is 0 Å². The minimum absolute atomic E-state index is 0.594. The fourth-order valence-electron chi connectivity index (χ4n) is 2.16. The molecule has 4 nitrogen and oxygen atoms in total. The van der Waals surface area contributed by atoms with E-state index in [1.807, 2.05) is 12.3 Å². The number of nitrogens with zero attached hydrogens (tertiary/aromatic N) is 3. The first kappa shape index (κ1) is 11.4. The molecule has 0 radical (unpaired) electrons. The predicted molar refractivity (Wildman–Crippen MR) is 66.0 cm³/mol. The Bertz CT molecular complexity index is 333. The summed E-state index contributed by atoms with van der Waals surface area (Å²) in [5, 5.41) is 0. The molecule has 2 heterocycles. The largest absolute Gasteiger partial charge is 0.384 e. The smallest absolute Gasteiger partial charge is 0.123 e. The number of likely N-dealkylation sites (N-methyl/N-ethyl adjacent to an activating group) is 1. The maximum absolute atomic E-state index is 5.57. The molecule has 1 aliphatic rings. The van der Waals surface area contributed by atoms with E-state index in [-0.39, 0.29) is 0 Å². The molecular formula is C12H20N4. The van der Waals surface area contributed by atoms with Crippen LogP contribution >= 0.6 is 0 Å². The molecule has 1 aromatic rings. The molecule has 4 heteroatoms. The fraction of sp³-hybridized carbons (Fsp3) is 0.583. The number of hydrogen-bond acceptors (Lipinski definition) is 4. The summed E-state index contributed by atoms with van der Waals surface area (Å²) in [6.45, 7) is 3.31. The Hall–Kier alpha value is -1.13. The van der Waals surface area contributed by atoms with Crippen molar-refractivity contribution in [2.75, 3.05) is 32.9 Å². The number of nitrogen functional groups attached to an aromatic ring is 1. The van der Waals surface area contributed by atoms with Gasteiger partial charge < -0.3 is 10.6 Å². The standard InChI is InChI=1S/C12H20N4/c1-15(2)11-5-6-16(9-11)8-10-3-4-12(13)14-7-10/h3-4,7,11H,5-6,8-9H2,1-2H3,(H2,13,14). The molecule has 2 N–H and O–H groups in total. The second-order valence-electron chi connectivity index (χ2n) is 4.73. The average Bonchev–Trinajstić information content (AvgIpc) is 2.70. The summed E-state index contributed by atoms with van der Waals surface area (Å²) in [5.74, 6) is 0.594. The Labute approximate surface area is 97.1 Å². The van der Waals surface area contributed by atoms with Gasteiger partial charge in [0.1, 0.15) is 5.82 Å². The number of anilines is 1. The van der Waals surface area contributed by atoms with Crippen LogP contribution in [0.15, 0.2) is 18.3 Å². The maximum atomic E-state index is 5.57. The van der Waals surface area contributed by atoms with Gasteiger partial charge in [-0.3, -0.25) is 4.90 Å². The minimum Gasteiger partial charge on any atom is -0.384 e. The van der Waals surface area contributed by atoms with Crippen LogP contribution < -0.4 is 5.73 Å². The van der Waals surface area contributed by atoms with Crippen molar-refractivity contribution in [2.24, 2.45) is 0 Å². The molecule has 88 valence electrons. The summed E-state index contributed by atoms with van der Waals surface area (Å²) >= 11 is 0. The molecule has 1 unspecified atom stereocenters. The van der Waals surface area contributed by atoms with Gasteiger partial charge in [0, 0.05) is 31.9 Å². The molecular weight excluding hydrogens is 200 g/mol. The van der Waals surface area contributed by atoms with E-state index in [2.05, 4.69) is 34.9 Å². The van der Waals surface area contributed by atoms with Gasteiger partial charge in [-0.1, -0.05) is 6.07 Å². The van der Waals surface area contributed by atoms with Crippen molar-refractivity contribution in [3.63, 3.8) is 0 Å². The molecule has 1 atom stereocenters. The third kappa shape index (κ3) is 2.71. The van der Waals surface area contributed by atoms with E-state index < -0.39 is 0 Å². The normalized spacial score (nSPS) is 21.8. The zero-order valence-corrected chi connectivity index (χ0v) is 10.1. The van der Waals surface area contributed by atoms with Crippen LogP contribution in [0.25, 0.3) is 0 Å². The van der Waals surface area contributed by atoms with Crippen molar-refractivity contribution in [2.45, 2.75) is 19.0 Å². The SMILES string of the molecule is CN(C)C1CCN(Cc2ccc(N)nc2)C1. The zero-order chi connectivity index (χ0) is 11.5. The number of aromatic nitrogens is 1. The number of nitrogens with two attached hydrogens (primary N) is 1. The van der Waals surface area contributed by atoms with E-state index in [1.54, 1.807) is 0 Å². The van der Waals surface area contributed by atoms with Crippen LogP contribution in [0.2, 0.25) is 0 Å². The molecule has 0 spiro atoms. The third-order valence-electron chi connectivity index (χ3n) is 3.23. The van der Waals surface area contributed by atoms with Crippen molar-refractivity contribution in [3.8, 4) is 0 Å². The second kappa shape index (κ2) is 4.80. The van der Waals surface area contributed by atoms with E-state index in [4.69, 9.17) is 5.73 Å². The Morgan fingerprint density at radius 3 is 2.88 bits per heavy atom. The first-order valence-corrected chi connectivity index (χ1v) is 5.74. The van der Waals surface area contributed by atoms with Crippen molar-refractivity contribution in [3.05, 3.63) is 23.9 Å². The van der Waals surface area contributed by atoms with Gasteiger partial charge >= 0.3 is 0 Å². The molecule has 0 aromatic carbocycles. The summed E-state index contributed by atoms with van der Waals surface area (Å²) < 4.78 is 0. The Morgan fingerprint density at radius 2 is 2.31 bits per heavy atom. The molecule has 0 aliphatic carbocycles. The van der Waals surface area contributed by atoms with Crippen LogP contribution in [0.4, 0.5) is 5.82 Å². The fourth-order valence-corrected chi connectivity index (χ4v) is 2.16. The van der Waals surface area contributed by atoms with Crippen LogP contribution in [-0.2, 0) is 6.54 Å². The highest BCUT2D eigenvalue weighted by molar-refractivity contribution is 5.29. The molecule has 0 bridgehead atoms. The highest BCUT2D eigenvalue weighted by Crippen LogP contribution is 2.16. The molecule has 1 saturated heterocycles. The minimum atomic E-state index is 0.594. The number of pyridine rings is 1. The van der Waals surface area contributed by atoms with Gasteiger partial charge in [0.25, 0.3) is 0 Å². The second-order valence-corrected chi connectivity index (χ2v) is 4.73. The third-order valence-corrected chi connectivity index (χ3v) is 3.23. The Balaban J connectivity index is 1.89. The summed E-state index contributed by atoms with van der Waals surface area (Å²) in [6, 6.07) is 4.63. The van der Waals surface area contributed by atoms with E-state index in [9.17, 15) is 0 Å². The Kier molecular flexibility index (Phi) is 3.41. The predicted octanol–water partition coefficient (Wildman–Crippen LogP) is 0.800. The van der Waals surface area contributed by atoms with Gasteiger partial charge in [-0.05, 0) is 32.1 Å². The highest BCUT2D eigenvalue weighted by atomic mass is 15.2. The summed E-state index contributed by atoms with van der Waals surface area (Å²) in [5.41, 5.74) is 6.81. The van der Waals surface area contributed by atoms with Gasteiger partial charge in [-0.15, -0.1) is 0 Å². The van der Waals surface area contributed by atoms with E-state index in [0.717, 1.165) is 13.1 Å². The molecule has 0 saturated carbocycles. The molecule has 0 amide bonds. The maximum Gasteiger partial charge on any atom is 0.123 e. The lowest BCUT2D eigenvalue weighted by Crippen LogP contribution is -2.31. The Morgan fingerprint density at radius 1 is 1.50 bits per heavy atom. The number of rotatable bonds is 3. The molecule has 1 fully saturated rings. The van der Waals surface area contributed by atoms with Gasteiger partial charge in [0.05, 0.1) is 0 Å². The van der Waals surface area contributed by atoms with Crippen molar-refractivity contribution >= 4 is 5.82 Å². The molecule has 2 rings (SSSR count). The summed E-state index contributed by atoms with van der Waals surface area (Å²) in [7, 11) is 4.30. The first-order valence-electron chi connectivity index (χ1n) is 5.74. The van der Waals surface area contributed by atoms with Crippen LogP contribution in [0, 0.1) is 0 Å². The monoisotopic (exact) mass is 220 g/mol. The van der Waals surface area contributed by atoms with Crippen LogP contribution in [0.1, 0.15) is 12.0 Å².